The van der Waals surface area contributed by atoms with Gasteiger partial charge in [0.05, 0.1) is 12.7 Å². The summed E-state index contributed by atoms with van der Waals surface area (Å²) in [5.74, 6) is 0. The van der Waals surface area contributed by atoms with Crippen molar-refractivity contribution in [2.45, 2.75) is 12.5 Å². The maximum atomic E-state index is 5.86. The van der Waals surface area contributed by atoms with Crippen LogP contribution in [0.25, 0.3) is 0 Å². The lowest BCUT2D eigenvalue weighted by molar-refractivity contribution is 0.0277. The highest BCUT2D eigenvalue weighted by atomic mass is 35.5. The number of rotatable bonds is 3. The maximum Gasteiger partial charge on any atom is 0.132 e. The van der Waals surface area contributed by atoms with Gasteiger partial charge in [-0.1, -0.05) is 35.9 Å². The minimum Gasteiger partial charge on any atom is -0.371 e. The zero-order chi connectivity index (χ0) is 13.8. The molecule has 1 aromatic carbocycles. The van der Waals surface area contributed by atoms with Gasteiger partial charge in [0.2, 0.25) is 0 Å². The number of hydrogen-bond donors (Lipinski definition) is 1. The fraction of sp³-hybridized carbons (Fsp3) is 0.333. The molecule has 0 unspecified atom stereocenters. The average Bonchev–Trinajstić information content (AvgIpc) is 2.49. The number of nitrogens with one attached hydrogen (secondary N) is 1. The van der Waals surface area contributed by atoms with Crippen LogP contribution in [0.3, 0.4) is 0 Å². The van der Waals surface area contributed by atoms with Crippen molar-refractivity contribution in [3.8, 4) is 0 Å². The molecule has 4 nitrogen and oxygen atoms in total. The van der Waals surface area contributed by atoms with Gasteiger partial charge in [0.15, 0.2) is 0 Å². The first-order chi connectivity index (χ1) is 9.81. The molecular weight excluding hydrogens is 274 g/mol. The molecule has 1 saturated heterocycles. The van der Waals surface area contributed by atoms with E-state index < -0.39 is 0 Å². The third-order valence-electron chi connectivity index (χ3n) is 3.35. The number of nitrogens with zero attached hydrogens (tertiary/aromatic N) is 2. The normalized spacial score (nSPS) is 18.9. The van der Waals surface area contributed by atoms with Gasteiger partial charge in [0.25, 0.3) is 0 Å². The van der Waals surface area contributed by atoms with Crippen LogP contribution in [-0.4, -0.2) is 29.7 Å². The highest BCUT2D eigenvalue weighted by Crippen LogP contribution is 2.20. The first kappa shape index (κ1) is 13.5. The predicted octanol–water partition coefficient (Wildman–Crippen LogP) is 2.38. The van der Waals surface area contributed by atoms with Crippen molar-refractivity contribution in [2.24, 2.45) is 0 Å². The standard InChI is InChI=1S/C15H16ClN3O/c16-15-8-13(18-10-19-15)7-11-1-3-12(4-2-11)14-9-17-5-6-20-14/h1-4,8,10,14,17H,5-7,9H2/t14-/m0/s1. The molecule has 3 rings (SSSR count). The first-order valence-corrected chi connectivity index (χ1v) is 7.06. The lowest BCUT2D eigenvalue weighted by atomic mass is 10.0. The summed E-state index contributed by atoms with van der Waals surface area (Å²) in [7, 11) is 0. The lowest BCUT2D eigenvalue weighted by Gasteiger charge is -2.24. The van der Waals surface area contributed by atoms with Crippen LogP contribution in [0, 0.1) is 0 Å². The quantitative estimate of drug-likeness (QED) is 0.882. The molecule has 0 amide bonds. The number of aromatic nitrogens is 2. The summed E-state index contributed by atoms with van der Waals surface area (Å²) in [5.41, 5.74) is 3.34. The van der Waals surface area contributed by atoms with Crippen LogP contribution in [0.4, 0.5) is 0 Å². The zero-order valence-electron chi connectivity index (χ0n) is 11.1. The minimum atomic E-state index is 0.159. The Morgan fingerprint density at radius 2 is 2.10 bits per heavy atom. The lowest BCUT2D eigenvalue weighted by Crippen LogP contribution is -2.33. The van der Waals surface area contributed by atoms with Crippen molar-refractivity contribution in [2.75, 3.05) is 19.7 Å². The van der Waals surface area contributed by atoms with Gasteiger partial charge < -0.3 is 10.1 Å². The molecule has 1 atom stereocenters. The summed E-state index contributed by atoms with van der Waals surface area (Å²) >= 11 is 5.86. The number of hydrogen-bond acceptors (Lipinski definition) is 4. The van der Waals surface area contributed by atoms with Gasteiger partial charge in [0, 0.05) is 25.2 Å². The topological polar surface area (TPSA) is 47.0 Å². The monoisotopic (exact) mass is 289 g/mol. The Kier molecular flexibility index (Phi) is 4.25. The summed E-state index contributed by atoms with van der Waals surface area (Å²) < 4.78 is 5.74. The number of ether oxygens (including phenoxy) is 1. The van der Waals surface area contributed by atoms with E-state index >= 15 is 0 Å². The van der Waals surface area contributed by atoms with Gasteiger partial charge in [-0.05, 0) is 17.2 Å². The fourth-order valence-corrected chi connectivity index (χ4v) is 2.48. The number of halogens is 1. The van der Waals surface area contributed by atoms with Gasteiger partial charge in [-0.2, -0.15) is 0 Å². The fourth-order valence-electron chi connectivity index (χ4n) is 2.31. The SMILES string of the molecule is Clc1cc(Cc2ccc([C@@H]3CNCCO3)cc2)ncn1. The molecule has 20 heavy (non-hydrogen) atoms. The van der Waals surface area contributed by atoms with Crippen molar-refractivity contribution in [3.05, 3.63) is 58.6 Å². The van der Waals surface area contributed by atoms with E-state index in [0.717, 1.165) is 31.8 Å². The molecule has 2 aromatic rings. The first-order valence-electron chi connectivity index (χ1n) is 6.69. The number of morpholine rings is 1. The molecule has 0 bridgehead atoms. The molecule has 0 aliphatic carbocycles. The zero-order valence-corrected chi connectivity index (χ0v) is 11.8. The highest BCUT2D eigenvalue weighted by molar-refractivity contribution is 6.29. The Morgan fingerprint density at radius 1 is 1.25 bits per heavy atom. The summed E-state index contributed by atoms with van der Waals surface area (Å²) in [6, 6.07) is 10.3. The third-order valence-corrected chi connectivity index (χ3v) is 3.56. The summed E-state index contributed by atoms with van der Waals surface area (Å²) in [4.78, 5) is 8.10. The molecule has 1 aliphatic rings. The van der Waals surface area contributed by atoms with Gasteiger partial charge in [-0.3, -0.25) is 0 Å². The van der Waals surface area contributed by atoms with Crippen LogP contribution in [0.1, 0.15) is 22.9 Å². The second-order valence-electron chi connectivity index (χ2n) is 4.81. The van der Waals surface area contributed by atoms with Crippen molar-refractivity contribution >= 4 is 11.6 Å². The molecule has 1 aliphatic heterocycles. The van der Waals surface area contributed by atoms with E-state index in [1.807, 2.05) is 0 Å². The van der Waals surface area contributed by atoms with Crippen molar-refractivity contribution < 1.29 is 4.74 Å². The molecular formula is C15H16ClN3O. The molecule has 104 valence electrons. The second kappa shape index (κ2) is 6.31. The second-order valence-corrected chi connectivity index (χ2v) is 5.20. The van der Waals surface area contributed by atoms with E-state index in [9.17, 15) is 0 Å². The molecule has 1 fully saturated rings. The minimum absolute atomic E-state index is 0.159. The molecule has 0 spiro atoms. The predicted molar refractivity (Wildman–Crippen MR) is 77.9 cm³/mol. The Labute approximate surface area is 123 Å². The molecule has 0 saturated carbocycles. The smallest absolute Gasteiger partial charge is 0.132 e. The summed E-state index contributed by atoms with van der Waals surface area (Å²) in [6.07, 6.45) is 2.41. The van der Waals surface area contributed by atoms with Crippen LogP contribution in [0.2, 0.25) is 5.15 Å². The van der Waals surface area contributed by atoms with E-state index in [1.165, 1.54) is 17.5 Å². The Morgan fingerprint density at radius 3 is 2.80 bits per heavy atom. The Balaban J connectivity index is 1.69. The van der Waals surface area contributed by atoms with Gasteiger partial charge in [-0.15, -0.1) is 0 Å². The summed E-state index contributed by atoms with van der Waals surface area (Å²) in [6.45, 7) is 2.58. The van der Waals surface area contributed by atoms with Gasteiger partial charge in [0.1, 0.15) is 11.5 Å². The van der Waals surface area contributed by atoms with Crippen LogP contribution >= 0.6 is 11.6 Å². The van der Waals surface area contributed by atoms with E-state index in [2.05, 4.69) is 39.6 Å². The highest BCUT2D eigenvalue weighted by Gasteiger charge is 2.15. The molecule has 1 aromatic heterocycles. The molecule has 0 radical (unpaired) electrons. The largest absolute Gasteiger partial charge is 0.371 e. The molecule has 5 heteroatoms. The molecule has 2 heterocycles. The van der Waals surface area contributed by atoms with Crippen molar-refractivity contribution in [1.82, 2.24) is 15.3 Å². The van der Waals surface area contributed by atoms with Gasteiger partial charge >= 0.3 is 0 Å². The maximum absolute atomic E-state index is 5.86. The van der Waals surface area contributed by atoms with E-state index in [0.29, 0.717) is 5.15 Å². The van der Waals surface area contributed by atoms with E-state index in [4.69, 9.17) is 16.3 Å². The third kappa shape index (κ3) is 3.33. The molecule has 1 N–H and O–H groups in total. The van der Waals surface area contributed by atoms with Gasteiger partial charge in [-0.25, -0.2) is 9.97 Å². The van der Waals surface area contributed by atoms with Crippen molar-refractivity contribution in [3.63, 3.8) is 0 Å². The van der Waals surface area contributed by atoms with Crippen LogP contribution < -0.4 is 5.32 Å². The average molecular weight is 290 g/mol. The van der Waals surface area contributed by atoms with Crippen LogP contribution in [-0.2, 0) is 11.2 Å². The summed E-state index contributed by atoms with van der Waals surface area (Å²) in [5, 5.41) is 3.82. The van der Waals surface area contributed by atoms with E-state index in [1.54, 1.807) is 6.07 Å². The van der Waals surface area contributed by atoms with E-state index in [-0.39, 0.29) is 6.10 Å². The van der Waals surface area contributed by atoms with Crippen LogP contribution in [0.5, 0.6) is 0 Å². The Bertz CT molecular complexity index is 568. The van der Waals surface area contributed by atoms with Crippen LogP contribution in [0.15, 0.2) is 36.7 Å². The number of benzene rings is 1. The Hall–Kier alpha value is -1.49. The van der Waals surface area contributed by atoms with Crippen molar-refractivity contribution in [1.29, 1.82) is 0 Å².